The molecule has 108 valence electrons. The van der Waals surface area contributed by atoms with Gasteiger partial charge in [0.15, 0.2) is 0 Å². The van der Waals surface area contributed by atoms with E-state index in [9.17, 15) is 14.4 Å². The van der Waals surface area contributed by atoms with Crippen molar-refractivity contribution in [3.05, 3.63) is 35.9 Å². The summed E-state index contributed by atoms with van der Waals surface area (Å²) in [4.78, 5) is 35.8. The SMILES string of the molecule is CC[C@@H](NC(=O)CN(C)C(=O)c1ccccc1)C(=O)O. The van der Waals surface area contributed by atoms with E-state index in [4.69, 9.17) is 5.11 Å². The highest BCUT2D eigenvalue weighted by atomic mass is 16.4. The minimum Gasteiger partial charge on any atom is -0.480 e. The fraction of sp³-hybridized carbons (Fsp3) is 0.357. The van der Waals surface area contributed by atoms with Gasteiger partial charge in [0.2, 0.25) is 5.91 Å². The van der Waals surface area contributed by atoms with E-state index in [0.717, 1.165) is 0 Å². The number of rotatable bonds is 6. The molecule has 0 aromatic heterocycles. The third kappa shape index (κ3) is 4.38. The molecule has 0 aliphatic heterocycles. The number of carbonyl (C=O) groups is 3. The minimum atomic E-state index is -1.09. The summed E-state index contributed by atoms with van der Waals surface area (Å²) in [5.74, 6) is -1.87. The van der Waals surface area contributed by atoms with E-state index in [1.165, 1.54) is 11.9 Å². The molecule has 0 unspecified atom stereocenters. The second kappa shape index (κ2) is 7.28. The van der Waals surface area contributed by atoms with E-state index in [2.05, 4.69) is 5.32 Å². The topological polar surface area (TPSA) is 86.7 Å². The van der Waals surface area contributed by atoms with Crippen LogP contribution in [0.15, 0.2) is 30.3 Å². The van der Waals surface area contributed by atoms with Gasteiger partial charge in [0, 0.05) is 12.6 Å². The first-order valence-corrected chi connectivity index (χ1v) is 6.28. The Labute approximate surface area is 117 Å². The molecule has 0 saturated heterocycles. The summed E-state index contributed by atoms with van der Waals surface area (Å²) in [6.07, 6.45) is 0.289. The van der Waals surface area contributed by atoms with Crippen molar-refractivity contribution in [3.63, 3.8) is 0 Å². The van der Waals surface area contributed by atoms with Crippen molar-refractivity contribution < 1.29 is 19.5 Å². The smallest absolute Gasteiger partial charge is 0.326 e. The van der Waals surface area contributed by atoms with Crippen LogP contribution in [0.1, 0.15) is 23.7 Å². The predicted octanol–water partition coefficient (Wildman–Crippen LogP) is 0.738. The van der Waals surface area contributed by atoms with Crippen LogP contribution in [-0.2, 0) is 9.59 Å². The monoisotopic (exact) mass is 278 g/mol. The van der Waals surface area contributed by atoms with Gasteiger partial charge < -0.3 is 15.3 Å². The van der Waals surface area contributed by atoms with Crippen LogP contribution in [0.3, 0.4) is 0 Å². The first-order chi connectivity index (χ1) is 9.45. The molecule has 0 fully saturated rings. The summed E-state index contributed by atoms with van der Waals surface area (Å²) in [5.41, 5.74) is 0.480. The standard InChI is InChI=1S/C14H18N2O4/c1-3-11(14(19)20)15-12(17)9-16(2)13(18)10-7-5-4-6-8-10/h4-8,11H,3,9H2,1-2H3,(H,15,17)(H,19,20)/t11-/m1/s1. The highest BCUT2D eigenvalue weighted by Gasteiger charge is 2.20. The zero-order chi connectivity index (χ0) is 15.1. The highest BCUT2D eigenvalue weighted by Crippen LogP contribution is 2.02. The van der Waals surface area contributed by atoms with Crippen LogP contribution < -0.4 is 5.32 Å². The Morgan fingerprint density at radius 3 is 2.35 bits per heavy atom. The largest absolute Gasteiger partial charge is 0.480 e. The maximum absolute atomic E-state index is 12.0. The van der Waals surface area contributed by atoms with Crippen LogP contribution >= 0.6 is 0 Å². The van der Waals surface area contributed by atoms with Crippen LogP contribution in [0, 0.1) is 0 Å². The fourth-order valence-electron chi connectivity index (χ4n) is 1.67. The van der Waals surface area contributed by atoms with Crippen LogP contribution in [0.5, 0.6) is 0 Å². The maximum atomic E-state index is 12.0. The minimum absolute atomic E-state index is 0.183. The van der Waals surface area contributed by atoms with Crippen LogP contribution in [0.25, 0.3) is 0 Å². The maximum Gasteiger partial charge on any atom is 0.326 e. The van der Waals surface area contributed by atoms with E-state index in [1.54, 1.807) is 37.3 Å². The quantitative estimate of drug-likeness (QED) is 0.803. The first kappa shape index (κ1) is 15.7. The molecule has 6 heteroatoms. The summed E-state index contributed by atoms with van der Waals surface area (Å²) < 4.78 is 0. The van der Waals surface area contributed by atoms with Crippen molar-refractivity contribution in [2.75, 3.05) is 13.6 Å². The van der Waals surface area contributed by atoms with Gasteiger partial charge in [0.05, 0.1) is 6.54 Å². The van der Waals surface area contributed by atoms with Gasteiger partial charge >= 0.3 is 5.97 Å². The molecule has 2 N–H and O–H groups in total. The normalized spacial score (nSPS) is 11.5. The van der Waals surface area contributed by atoms with Crippen LogP contribution in [-0.4, -0.2) is 47.4 Å². The lowest BCUT2D eigenvalue weighted by Crippen LogP contribution is -2.45. The first-order valence-electron chi connectivity index (χ1n) is 6.28. The molecule has 0 saturated carbocycles. The summed E-state index contributed by atoms with van der Waals surface area (Å²) >= 11 is 0. The lowest BCUT2D eigenvalue weighted by atomic mass is 10.2. The van der Waals surface area contributed by atoms with Crippen LogP contribution in [0.2, 0.25) is 0 Å². The summed E-state index contributed by atoms with van der Waals surface area (Å²) in [7, 11) is 1.50. The van der Waals surface area contributed by atoms with Crippen molar-refractivity contribution >= 4 is 17.8 Å². The molecule has 0 aliphatic carbocycles. The van der Waals surface area contributed by atoms with Crippen molar-refractivity contribution in [2.24, 2.45) is 0 Å². The second-order valence-electron chi connectivity index (χ2n) is 4.39. The summed E-state index contributed by atoms with van der Waals surface area (Å²) in [5, 5.41) is 11.2. The number of carboxylic acids is 1. The molecule has 0 bridgehead atoms. The molecular weight excluding hydrogens is 260 g/mol. The summed E-state index contributed by atoms with van der Waals surface area (Å²) in [6.45, 7) is 1.48. The third-order valence-electron chi connectivity index (χ3n) is 2.79. The molecular formula is C14H18N2O4. The molecule has 1 atom stereocenters. The molecule has 0 radical (unpaired) electrons. The number of hydrogen-bond acceptors (Lipinski definition) is 3. The molecule has 2 amide bonds. The number of nitrogens with one attached hydrogen (secondary N) is 1. The number of hydrogen-bond donors (Lipinski definition) is 2. The molecule has 0 spiro atoms. The Bertz CT molecular complexity index is 487. The Morgan fingerprint density at radius 2 is 1.85 bits per heavy atom. The molecule has 1 aromatic rings. The van der Waals surface area contributed by atoms with E-state index in [1.807, 2.05) is 0 Å². The number of carboxylic acid groups (broad SMARTS) is 1. The van der Waals surface area contributed by atoms with Gasteiger partial charge in [-0.05, 0) is 18.6 Å². The molecule has 20 heavy (non-hydrogen) atoms. The third-order valence-corrected chi connectivity index (χ3v) is 2.79. The number of likely N-dealkylation sites (N-methyl/N-ethyl adjacent to an activating group) is 1. The van der Waals surface area contributed by atoms with E-state index in [0.29, 0.717) is 5.56 Å². The fourth-order valence-corrected chi connectivity index (χ4v) is 1.67. The van der Waals surface area contributed by atoms with Gasteiger partial charge in [-0.3, -0.25) is 9.59 Å². The van der Waals surface area contributed by atoms with Gasteiger partial charge in [-0.15, -0.1) is 0 Å². The highest BCUT2D eigenvalue weighted by molar-refractivity contribution is 5.96. The Balaban J connectivity index is 2.57. The van der Waals surface area contributed by atoms with Crippen LogP contribution in [0.4, 0.5) is 0 Å². The van der Waals surface area contributed by atoms with Gasteiger partial charge in [0.25, 0.3) is 5.91 Å². The molecule has 0 aliphatic rings. The average molecular weight is 278 g/mol. The molecule has 0 heterocycles. The average Bonchev–Trinajstić information content (AvgIpc) is 2.44. The van der Waals surface area contributed by atoms with Gasteiger partial charge in [-0.2, -0.15) is 0 Å². The summed E-state index contributed by atoms with van der Waals surface area (Å²) in [6, 6.07) is 7.65. The Morgan fingerprint density at radius 1 is 1.25 bits per heavy atom. The zero-order valence-corrected chi connectivity index (χ0v) is 11.5. The lowest BCUT2D eigenvalue weighted by Gasteiger charge is -2.18. The van der Waals surface area contributed by atoms with E-state index >= 15 is 0 Å². The molecule has 6 nitrogen and oxygen atoms in total. The number of nitrogens with zero attached hydrogens (tertiary/aromatic N) is 1. The predicted molar refractivity (Wildman–Crippen MR) is 73.3 cm³/mol. The molecule has 1 rings (SSSR count). The Hall–Kier alpha value is -2.37. The van der Waals surface area contributed by atoms with Crippen molar-refractivity contribution in [3.8, 4) is 0 Å². The second-order valence-corrected chi connectivity index (χ2v) is 4.39. The Kier molecular flexibility index (Phi) is 5.71. The number of carbonyl (C=O) groups excluding carboxylic acids is 2. The van der Waals surface area contributed by atoms with Crippen molar-refractivity contribution in [1.29, 1.82) is 0 Å². The number of aliphatic carboxylic acids is 1. The number of amides is 2. The number of benzene rings is 1. The van der Waals surface area contributed by atoms with Gasteiger partial charge in [0.1, 0.15) is 6.04 Å². The van der Waals surface area contributed by atoms with E-state index < -0.39 is 17.9 Å². The lowest BCUT2D eigenvalue weighted by molar-refractivity contribution is -0.141. The van der Waals surface area contributed by atoms with Crippen molar-refractivity contribution in [1.82, 2.24) is 10.2 Å². The zero-order valence-electron chi connectivity index (χ0n) is 11.5. The van der Waals surface area contributed by atoms with Gasteiger partial charge in [-0.25, -0.2) is 4.79 Å². The molecule has 1 aromatic carbocycles. The van der Waals surface area contributed by atoms with Crippen molar-refractivity contribution in [2.45, 2.75) is 19.4 Å². The van der Waals surface area contributed by atoms with Gasteiger partial charge in [-0.1, -0.05) is 25.1 Å². The van der Waals surface area contributed by atoms with E-state index in [-0.39, 0.29) is 18.9 Å².